The van der Waals surface area contributed by atoms with Gasteiger partial charge in [0, 0.05) is 12.6 Å². The van der Waals surface area contributed by atoms with Crippen molar-refractivity contribution < 1.29 is 0 Å². The summed E-state index contributed by atoms with van der Waals surface area (Å²) < 4.78 is 0. The molecule has 0 bridgehead atoms. The average Bonchev–Trinajstić information content (AvgIpc) is 2.75. The van der Waals surface area contributed by atoms with Gasteiger partial charge in [0.2, 0.25) is 0 Å². The Kier molecular flexibility index (Phi) is 7.14. The number of hydrogen-bond acceptors (Lipinski definition) is 2. The van der Waals surface area contributed by atoms with Crippen molar-refractivity contribution in [3.63, 3.8) is 0 Å². The first-order chi connectivity index (χ1) is 8.17. The molecular formula is C15H32N2. The molecule has 2 fully saturated rings. The van der Waals surface area contributed by atoms with Crippen molar-refractivity contribution in [1.29, 1.82) is 0 Å². The Balaban J connectivity index is 0.000000171. The molecule has 2 unspecified atom stereocenters. The van der Waals surface area contributed by atoms with E-state index in [0.717, 1.165) is 12.0 Å². The van der Waals surface area contributed by atoms with Crippen LogP contribution in [0.25, 0.3) is 0 Å². The van der Waals surface area contributed by atoms with Crippen LogP contribution in [0.1, 0.15) is 52.4 Å². The fourth-order valence-electron chi connectivity index (χ4n) is 3.10. The number of rotatable bonds is 2. The third-order valence-corrected chi connectivity index (χ3v) is 4.44. The Bertz CT molecular complexity index is 193. The van der Waals surface area contributed by atoms with E-state index in [1.54, 1.807) is 0 Å². The summed E-state index contributed by atoms with van der Waals surface area (Å²) in [6, 6.07) is 0.898. The van der Waals surface area contributed by atoms with E-state index in [2.05, 4.69) is 37.7 Å². The van der Waals surface area contributed by atoms with Gasteiger partial charge in [-0.25, -0.2) is 0 Å². The molecule has 2 aliphatic heterocycles. The van der Waals surface area contributed by atoms with E-state index < -0.39 is 0 Å². The highest BCUT2D eigenvalue weighted by Gasteiger charge is 2.17. The zero-order valence-corrected chi connectivity index (χ0v) is 12.4. The van der Waals surface area contributed by atoms with Crippen molar-refractivity contribution in [2.24, 2.45) is 5.92 Å². The molecule has 0 amide bonds. The van der Waals surface area contributed by atoms with Gasteiger partial charge in [0.15, 0.2) is 0 Å². The molecule has 17 heavy (non-hydrogen) atoms. The van der Waals surface area contributed by atoms with Gasteiger partial charge < -0.3 is 9.80 Å². The maximum atomic E-state index is 2.46. The topological polar surface area (TPSA) is 6.48 Å². The fourth-order valence-corrected chi connectivity index (χ4v) is 3.10. The van der Waals surface area contributed by atoms with Gasteiger partial charge in [-0.15, -0.1) is 0 Å². The summed E-state index contributed by atoms with van der Waals surface area (Å²) in [6.07, 6.45) is 8.40. The molecule has 0 aromatic rings. The van der Waals surface area contributed by atoms with Crippen LogP contribution in [0, 0.1) is 5.92 Å². The van der Waals surface area contributed by atoms with Crippen LogP contribution in [-0.2, 0) is 0 Å². The molecule has 0 saturated carbocycles. The number of likely N-dealkylation sites (tertiary alicyclic amines) is 2. The third-order valence-electron chi connectivity index (χ3n) is 4.44. The zero-order chi connectivity index (χ0) is 12.7. The summed E-state index contributed by atoms with van der Waals surface area (Å²) in [5.41, 5.74) is 0. The van der Waals surface area contributed by atoms with Crippen LogP contribution in [0.4, 0.5) is 0 Å². The summed E-state index contributed by atoms with van der Waals surface area (Å²) >= 11 is 0. The van der Waals surface area contributed by atoms with Crippen molar-refractivity contribution in [1.82, 2.24) is 9.80 Å². The van der Waals surface area contributed by atoms with Crippen molar-refractivity contribution >= 4 is 0 Å². The predicted molar refractivity (Wildman–Crippen MR) is 76.5 cm³/mol. The van der Waals surface area contributed by atoms with E-state index in [1.807, 2.05) is 0 Å². The second-order valence-corrected chi connectivity index (χ2v) is 5.86. The van der Waals surface area contributed by atoms with Crippen molar-refractivity contribution in [3.8, 4) is 0 Å². The lowest BCUT2D eigenvalue weighted by Gasteiger charge is -2.28. The fraction of sp³-hybridized carbons (Fsp3) is 1.00. The highest BCUT2D eigenvalue weighted by atomic mass is 15.1. The SMILES string of the molecule is CCC1CCCN(C)C1.CCC1CCCN1C. The maximum absolute atomic E-state index is 2.46. The maximum Gasteiger partial charge on any atom is 0.00900 e. The summed E-state index contributed by atoms with van der Waals surface area (Å²) in [5, 5.41) is 0. The average molecular weight is 240 g/mol. The van der Waals surface area contributed by atoms with Gasteiger partial charge in [-0.05, 0) is 65.2 Å². The summed E-state index contributed by atoms with van der Waals surface area (Å²) in [7, 11) is 4.45. The van der Waals surface area contributed by atoms with Crippen LogP contribution in [0.3, 0.4) is 0 Å². The van der Waals surface area contributed by atoms with Gasteiger partial charge in [-0.3, -0.25) is 0 Å². The van der Waals surface area contributed by atoms with E-state index in [9.17, 15) is 0 Å². The van der Waals surface area contributed by atoms with Crippen molar-refractivity contribution in [2.75, 3.05) is 33.7 Å². The zero-order valence-electron chi connectivity index (χ0n) is 12.4. The van der Waals surface area contributed by atoms with Crippen LogP contribution in [0.2, 0.25) is 0 Å². The quantitative estimate of drug-likeness (QED) is 0.731. The highest BCUT2D eigenvalue weighted by molar-refractivity contribution is 4.73. The molecule has 0 N–H and O–H groups in total. The molecule has 0 spiro atoms. The Morgan fingerprint density at radius 3 is 2.00 bits per heavy atom. The second kappa shape index (κ2) is 8.10. The predicted octanol–water partition coefficient (Wildman–Crippen LogP) is 3.23. The van der Waals surface area contributed by atoms with Gasteiger partial charge in [-0.2, -0.15) is 0 Å². The van der Waals surface area contributed by atoms with E-state index >= 15 is 0 Å². The molecule has 2 aliphatic rings. The molecule has 0 aromatic heterocycles. The Morgan fingerprint density at radius 1 is 0.941 bits per heavy atom. The molecule has 0 radical (unpaired) electrons. The molecule has 0 aliphatic carbocycles. The standard InChI is InChI=1S/C8H17N.C7H15N/c1-3-8-5-4-6-9(2)7-8;1-3-7-5-4-6-8(7)2/h8H,3-7H2,1-2H3;7H,3-6H2,1-2H3. The molecule has 0 aromatic carbocycles. The van der Waals surface area contributed by atoms with Crippen LogP contribution >= 0.6 is 0 Å². The first-order valence-electron chi connectivity index (χ1n) is 7.56. The number of piperidine rings is 1. The first-order valence-corrected chi connectivity index (χ1v) is 7.56. The van der Waals surface area contributed by atoms with Gasteiger partial charge >= 0.3 is 0 Å². The minimum Gasteiger partial charge on any atom is -0.306 e. The van der Waals surface area contributed by atoms with E-state index in [1.165, 1.54) is 58.2 Å². The minimum atomic E-state index is 0.898. The number of nitrogens with zero attached hydrogens (tertiary/aromatic N) is 2. The molecule has 2 heteroatoms. The van der Waals surface area contributed by atoms with Gasteiger partial charge in [0.25, 0.3) is 0 Å². The van der Waals surface area contributed by atoms with E-state index in [-0.39, 0.29) is 0 Å². The molecule has 2 heterocycles. The lowest BCUT2D eigenvalue weighted by Crippen LogP contribution is -2.31. The summed E-state index contributed by atoms with van der Waals surface area (Å²) in [4.78, 5) is 4.90. The Hall–Kier alpha value is -0.0800. The van der Waals surface area contributed by atoms with Gasteiger partial charge in [0.1, 0.15) is 0 Å². The molecular weight excluding hydrogens is 208 g/mol. The van der Waals surface area contributed by atoms with Gasteiger partial charge in [-0.1, -0.05) is 20.3 Å². The highest BCUT2D eigenvalue weighted by Crippen LogP contribution is 2.17. The van der Waals surface area contributed by atoms with Crippen LogP contribution in [-0.4, -0.2) is 49.6 Å². The smallest absolute Gasteiger partial charge is 0.00900 e. The molecule has 2 rings (SSSR count). The van der Waals surface area contributed by atoms with E-state index in [0.29, 0.717) is 0 Å². The Labute approximate surface area is 108 Å². The molecule has 2 saturated heterocycles. The Morgan fingerprint density at radius 2 is 1.65 bits per heavy atom. The van der Waals surface area contributed by atoms with E-state index in [4.69, 9.17) is 0 Å². The minimum absolute atomic E-state index is 0.898. The van der Waals surface area contributed by atoms with Crippen LogP contribution < -0.4 is 0 Å². The molecule has 2 nitrogen and oxygen atoms in total. The lowest BCUT2D eigenvalue weighted by atomic mass is 9.96. The molecule has 102 valence electrons. The normalized spacial score (nSPS) is 31.1. The van der Waals surface area contributed by atoms with Crippen LogP contribution in [0.5, 0.6) is 0 Å². The van der Waals surface area contributed by atoms with Crippen LogP contribution in [0.15, 0.2) is 0 Å². The molecule has 2 atom stereocenters. The largest absolute Gasteiger partial charge is 0.306 e. The summed E-state index contributed by atoms with van der Waals surface area (Å²) in [6.45, 7) is 8.53. The summed E-state index contributed by atoms with van der Waals surface area (Å²) in [5.74, 6) is 0.990. The van der Waals surface area contributed by atoms with Crippen molar-refractivity contribution in [3.05, 3.63) is 0 Å². The third kappa shape index (κ3) is 5.39. The first kappa shape index (κ1) is 15.0. The second-order valence-electron chi connectivity index (χ2n) is 5.86. The monoisotopic (exact) mass is 240 g/mol. The van der Waals surface area contributed by atoms with Gasteiger partial charge in [0.05, 0.1) is 0 Å². The van der Waals surface area contributed by atoms with Crippen molar-refractivity contribution in [2.45, 2.75) is 58.4 Å². The lowest BCUT2D eigenvalue weighted by molar-refractivity contribution is 0.206. The number of hydrogen-bond donors (Lipinski definition) is 0.